The van der Waals surface area contributed by atoms with E-state index in [0.717, 1.165) is 31.0 Å². The molecule has 2 aliphatic heterocycles. The SMILES string of the molecule is O=C(NCc1ncccc1C(F)(F)F)c1ccc2c(c1)C1(CC[S+]([O-])CC1)C(C1CC1)N2S(=O)(=O)c1ccc(F)cc1. The standard InChI is InChI=1S/C29H27F4N3O4S2/c30-20-6-8-21(9-7-20)42(39,40)36-25-10-5-19(27(37)35-17-24-22(29(31,32)33)2-1-13-34-24)16-23(25)28(26(36)18-3-4-18)11-14-41(38)15-12-28/h1-2,5-10,13,16,18,26H,3-4,11-12,14-15,17H2,(H,35,37). The first-order valence-electron chi connectivity index (χ1n) is 13.5. The minimum absolute atomic E-state index is 0.0568. The Balaban J connectivity index is 1.39. The second-order valence-electron chi connectivity index (χ2n) is 11.0. The smallest absolute Gasteiger partial charge is 0.418 e. The van der Waals surface area contributed by atoms with E-state index in [9.17, 15) is 35.3 Å². The van der Waals surface area contributed by atoms with Crippen LogP contribution >= 0.6 is 0 Å². The molecule has 3 heterocycles. The summed E-state index contributed by atoms with van der Waals surface area (Å²) in [5.41, 5.74) is -0.746. The average molecular weight is 622 g/mol. The Bertz CT molecular complexity index is 1620. The number of aromatic nitrogens is 1. The molecular weight excluding hydrogens is 594 g/mol. The van der Waals surface area contributed by atoms with Crippen LogP contribution in [0.1, 0.15) is 52.9 Å². The highest BCUT2D eigenvalue weighted by molar-refractivity contribution is 7.93. The summed E-state index contributed by atoms with van der Waals surface area (Å²) in [5, 5.41) is 2.52. The zero-order valence-electron chi connectivity index (χ0n) is 22.2. The Hall–Kier alpha value is -3.16. The molecule has 2 aromatic carbocycles. The monoisotopic (exact) mass is 621 g/mol. The minimum Gasteiger partial charge on any atom is -0.616 e. The lowest BCUT2D eigenvalue weighted by molar-refractivity contribution is -0.138. The third-order valence-corrected chi connectivity index (χ3v) is 11.6. The van der Waals surface area contributed by atoms with Crippen molar-refractivity contribution < 1.29 is 35.3 Å². The summed E-state index contributed by atoms with van der Waals surface area (Å²) in [6.07, 6.45) is -0.867. The van der Waals surface area contributed by atoms with E-state index >= 15 is 0 Å². The number of pyridine rings is 1. The predicted octanol–water partition coefficient (Wildman–Crippen LogP) is 4.94. The molecule has 1 saturated heterocycles. The summed E-state index contributed by atoms with van der Waals surface area (Å²) >= 11 is -1.05. The minimum atomic E-state index is -4.63. The molecule has 7 nitrogen and oxygen atoms in total. The molecular formula is C29H27F4N3O4S2. The molecule has 1 atom stereocenters. The number of halogens is 4. The fourth-order valence-electron chi connectivity index (χ4n) is 6.34. The molecule has 222 valence electrons. The number of sulfonamides is 1. The van der Waals surface area contributed by atoms with Gasteiger partial charge < -0.3 is 9.87 Å². The maximum absolute atomic E-state index is 14.1. The zero-order chi connectivity index (χ0) is 29.9. The van der Waals surface area contributed by atoms with E-state index in [-0.39, 0.29) is 22.1 Å². The number of benzene rings is 2. The highest BCUT2D eigenvalue weighted by Crippen LogP contribution is 2.59. The van der Waals surface area contributed by atoms with Gasteiger partial charge in [0.2, 0.25) is 0 Å². The molecule has 0 radical (unpaired) electrons. The lowest BCUT2D eigenvalue weighted by Crippen LogP contribution is -2.52. The average Bonchev–Trinajstić information content (AvgIpc) is 3.76. The van der Waals surface area contributed by atoms with Gasteiger partial charge in [-0.25, -0.2) is 12.8 Å². The quantitative estimate of drug-likeness (QED) is 0.311. The summed E-state index contributed by atoms with van der Waals surface area (Å²) in [4.78, 5) is 17.0. The number of anilines is 1. The van der Waals surface area contributed by atoms with Crippen molar-refractivity contribution in [3.63, 3.8) is 0 Å². The highest BCUT2D eigenvalue weighted by atomic mass is 32.2. The van der Waals surface area contributed by atoms with Crippen molar-refractivity contribution in [2.45, 2.75) is 54.8 Å². The number of hydrogen-bond donors (Lipinski definition) is 1. The molecule has 2 fully saturated rings. The number of carbonyl (C=O) groups is 1. The van der Waals surface area contributed by atoms with E-state index in [2.05, 4.69) is 10.3 Å². The lowest BCUT2D eigenvalue weighted by atomic mass is 9.70. The second kappa shape index (κ2) is 10.5. The van der Waals surface area contributed by atoms with Gasteiger partial charge >= 0.3 is 6.18 Å². The number of fused-ring (bicyclic) bond motifs is 2. The molecule has 1 aromatic heterocycles. The van der Waals surface area contributed by atoms with Gasteiger partial charge in [-0.15, -0.1) is 0 Å². The fourth-order valence-corrected chi connectivity index (χ4v) is 9.53. The molecule has 3 aromatic rings. The molecule has 1 unspecified atom stereocenters. The summed E-state index contributed by atoms with van der Waals surface area (Å²) in [6.45, 7) is -0.453. The van der Waals surface area contributed by atoms with Crippen LogP contribution in [0.5, 0.6) is 0 Å². The first-order valence-corrected chi connectivity index (χ1v) is 16.4. The van der Waals surface area contributed by atoms with Gasteiger partial charge in [0, 0.05) is 30.0 Å². The van der Waals surface area contributed by atoms with E-state index in [1.807, 2.05) is 0 Å². The first-order chi connectivity index (χ1) is 19.9. The van der Waals surface area contributed by atoms with E-state index in [1.165, 1.54) is 34.8 Å². The molecule has 1 aliphatic carbocycles. The Kier molecular flexibility index (Phi) is 7.25. The third-order valence-electron chi connectivity index (χ3n) is 8.45. The number of rotatable bonds is 6. The molecule has 3 aliphatic rings. The zero-order valence-corrected chi connectivity index (χ0v) is 23.9. The van der Waals surface area contributed by atoms with Crippen molar-refractivity contribution in [3.8, 4) is 0 Å². The van der Waals surface area contributed by atoms with Gasteiger partial charge in [0.25, 0.3) is 15.9 Å². The van der Waals surface area contributed by atoms with Crippen LogP contribution in [0, 0.1) is 11.7 Å². The van der Waals surface area contributed by atoms with Crippen molar-refractivity contribution in [2.24, 2.45) is 5.92 Å². The second-order valence-corrected chi connectivity index (χ2v) is 14.5. The Morgan fingerprint density at radius 2 is 1.79 bits per heavy atom. The number of hydrogen-bond acceptors (Lipinski definition) is 5. The Morgan fingerprint density at radius 3 is 2.43 bits per heavy atom. The van der Waals surface area contributed by atoms with Crippen LogP contribution in [0.25, 0.3) is 0 Å². The summed E-state index contributed by atoms with van der Waals surface area (Å²) in [5.74, 6) is -0.382. The van der Waals surface area contributed by atoms with Gasteiger partial charge in [0.1, 0.15) is 17.3 Å². The first kappa shape index (κ1) is 28.9. The Morgan fingerprint density at radius 1 is 1.10 bits per heavy atom. The van der Waals surface area contributed by atoms with Crippen LogP contribution in [0.3, 0.4) is 0 Å². The van der Waals surface area contributed by atoms with Crippen molar-refractivity contribution in [1.82, 2.24) is 10.3 Å². The lowest BCUT2D eigenvalue weighted by Gasteiger charge is -2.41. The molecule has 1 spiro atoms. The molecule has 0 bridgehead atoms. The number of nitrogens with one attached hydrogen (secondary N) is 1. The van der Waals surface area contributed by atoms with Crippen LogP contribution in [-0.4, -0.2) is 41.4 Å². The van der Waals surface area contributed by atoms with Crippen LogP contribution in [0.4, 0.5) is 23.2 Å². The van der Waals surface area contributed by atoms with Crippen molar-refractivity contribution in [2.75, 3.05) is 15.8 Å². The van der Waals surface area contributed by atoms with Crippen LogP contribution in [0.2, 0.25) is 0 Å². The van der Waals surface area contributed by atoms with Crippen molar-refractivity contribution >= 4 is 32.8 Å². The van der Waals surface area contributed by atoms with Gasteiger partial charge in [-0.2, -0.15) is 13.2 Å². The largest absolute Gasteiger partial charge is 0.616 e. The molecule has 42 heavy (non-hydrogen) atoms. The molecule has 13 heteroatoms. The number of nitrogens with zero attached hydrogens (tertiary/aromatic N) is 2. The van der Waals surface area contributed by atoms with E-state index in [1.54, 1.807) is 12.1 Å². The third kappa shape index (κ3) is 5.05. The van der Waals surface area contributed by atoms with Gasteiger partial charge in [0.05, 0.1) is 34.4 Å². The maximum Gasteiger partial charge on any atom is 0.418 e. The van der Waals surface area contributed by atoms with Gasteiger partial charge in [0.15, 0.2) is 0 Å². The fraction of sp³-hybridized carbons (Fsp3) is 0.379. The molecule has 1 saturated carbocycles. The molecule has 6 rings (SSSR count). The summed E-state index contributed by atoms with van der Waals surface area (Å²) in [6, 6.07) is 10.9. The maximum atomic E-state index is 14.1. The van der Waals surface area contributed by atoms with E-state index < -0.39 is 62.7 Å². The van der Waals surface area contributed by atoms with Gasteiger partial charge in [-0.1, -0.05) is 11.2 Å². The van der Waals surface area contributed by atoms with Crippen LogP contribution in [-0.2, 0) is 39.3 Å². The van der Waals surface area contributed by atoms with Gasteiger partial charge in [-0.05, 0) is 78.9 Å². The summed E-state index contributed by atoms with van der Waals surface area (Å²) < 4.78 is 95.9. The van der Waals surface area contributed by atoms with Crippen LogP contribution < -0.4 is 9.62 Å². The highest BCUT2D eigenvalue weighted by Gasteiger charge is 2.60. The summed E-state index contributed by atoms with van der Waals surface area (Å²) in [7, 11) is -4.13. The van der Waals surface area contributed by atoms with E-state index in [4.69, 9.17) is 0 Å². The Labute approximate surface area is 243 Å². The normalized spacial score (nSPS) is 24.1. The number of amides is 1. The van der Waals surface area contributed by atoms with Crippen molar-refractivity contribution in [1.29, 1.82) is 0 Å². The number of alkyl halides is 3. The topological polar surface area (TPSA) is 102 Å². The number of carbonyl (C=O) groups excluding carboxylic acids is 1. The predicted molar refractivity (Wildman–Crippen MR) is 148 cm³/mol. The van der Waals surface area contributed by atoms with Gasteiger partial charge in [-0.3, -0.25) is 14.1 Å². The van der Waals surface area contributed by atoms with E-state index in [0.29, 0.717) is 35.6 Å². The van der Waals surface area contributed by atoms with Crippen molar-refractivity contribution in [3.05, 3.63) is 89.0 Å². The molecule has 1 amide bonds. The molecule has 1 N–H and O–H groups in total. The van der Waals surface area contributed by atoms with Crippen LogP contribution in [0.15, 0.2) is 65.7 Å².